The summed E-state index contributed by atoms with van der Waals surface area (Å²) in [4.78, 5) is 14.8. The summed E-state index contributed by atoms with van der Waals surface area (Å²) < 4.78 is 1.90. The van der Waals surface area contributed by atoms with Crippen LogP contribution in [-0.4, -0.2) is 40.4 Å². The van der Waals surface area contributed by atoms with Crippen molar-refractivity contribution in [3.8, 4) is 0 Å². The Hall–Kier alpha value is -1.86. The molecule has 1 saturated heterocycles. The van der Waals surface area contributed by atoms with Crippen LogP contribution in [-0.2, 0) is 13.5 Å². The number of anilines is 2. The van der Waals surface area contributed by atoms with Crippen LogP contribution < -0.4 is 15.5 Å². The molecule has 0 spiro atoms. The third-order valence-electron chi connectivity index (χ3n) is 5.24. The Morgan fingerprint density at radius 1 is 1.33 bits per heavy atom. The van der Waals surface area contributed by atoms with Gasteiger partial charge in [0.25, 0.3) is 0 Å². The van der Waals surface area contributed by atoms with Gasteiger partial charge >= 0.3 is 6.03 Å². The van der Waals surface area contributed by atoms with Crippen LogP contribution >= 0.6 is 23.4 Å². The highest BCUT2D eigenvalue weighted by molar-refractivity contribution is 7.99. The van der Waals surface area contributed by atoms with Crippen LogP contribution in [0.3, 0.4) is 0 Å². The Bertz CT molecular complexity index is 834. The molecule has 1 aromatic carbocycles. The maximum Gasteiger partial charge on any atom is 0.319 e. The van der Waals surface area contributed by atoms with E-state index in [9.17, 15) is 4.79 Å². The molecule has 0 saturated carbocycles. The lowest BCUT2D eigenvalue weighted by Gasteiger charge is -2.29. The number of nitrogens with one attached hydrogen (secondary N) is 2. The van der Waals surface area contributed by atoms with E-state index in [2.05, 4.69) is 20.6 Å². The largest absolute Gasteiger partial charge is 0.369 e. The van der Waals surface area contributed by atoms with Crippen molar-refractivity contribution in [1.82, 2.24) is 15.1 Å². The average Bonchev–Trinajstić information content (AvgIpc) is 3.05. The molecule has 1 aliphatic heterocycles. The number of urea groups is 1. The highest BCUT2D eigenvalue weighted by atomic mass is 35.5. The minimum Gasteiger partial charge on any atom is -0.369 e. The van der Waals surface area contributed by atoms with E-state index in [-0.39, 0.29) is 12.1 Å². The van der Waals surface area contributed by atoms with E-state index >= 15 is 0 Å². The van der Waals surface area contributed by atoms with Crippen LogP contribution in [0.25, 0.3) is 0 Å². The van der Waals surface area contributed by atoms with Gasteiger partial charge in [-0.15, -0.1) is 0 Å². The second-order valence-corrected chi connectivity index (χ2v) is 8.61. The number of carbonyl (C=O) groups is 1. The Morgan fingerprint density at radius 3 is 2.93 bits per heavy atom. The third-order valence-corrected chi connectivity index (χ3v) is 6.48. The van der Waals surface area contributed by atoms with Crippen LogP contribution in [0, 0.1) is 0 Å². The zero-order valence-electron chi connectivity index (χ0n) is 15.4. The monoisotopic (exact) mass is 405 g/mol. The topological polar surface area (TPSA) is 62.2 Å². The molecule has 4 rings (SSSR count). The van der Waals surface area contributed by atoms with E-state index in [0.29, 0.717) is 10.7 Å². The van der Waals surface area contributed by atoms with Crippen LogP contribution in [0.1, 0.15) is 30.1 Å². The molecule has 1 aromatic heterocycles. The van der Waals surface area contributed by atoms with E-state index in [4.69, 9.17) is 11.6 Å². The minimum atomic E-state index is -0.213. The smallest absolute Gasteiger partial charge is 0.319 e. The summed E-state index contributed by atoms with van der Waals surface area (Å²) in [5.74, 6) is 2.24. The molecule has 144 valence electrons. The molecular weight excluding hydrogens is 382 g/mol. The van der Waals surface area contributed by atoms with Gasteiger partial charge in [-0.3, -0.25) is 4.68 Å². The molecule has 1 aliphatic carbocycles. The van der Waals surface area contributed by atoms with E-state index < -0.39 is 0 Å². The summed E-state index contributed by atoms with van der Waals surface area (Å²) in [5.41, 5.74) is 4.07. The first-order valence-electron chi connectivity index (χ1n) is 9.32. The SMILES string of the molecule is Cn1ncc2c1CCCC2NC(=O)Nc1ccc(N2CCSCC2)c(Cl)c1. The van der Waals surface area contributed by atoms with Crippen LogP contribution in [0.5, 0.6) is 0 Å². The summed E-state index contributed by atoms with van der Waals surface area (Å²) in [5, 5.41) is 11.0. The van der Waals surface area contributed by atoms with Crippen molar-refractivity contribution < 1.29 is 4.79 Å². The summed E-state index contributed by atoms with van der Waals surface area (Å²) in [7, 11) is 1.95. The number of fused-ring (bicyclic) bond motifs is 1. The fraction of sp³-hybridized carbons (Fsp3) is 0.474. The molecule has 2 aromatic rings. The summed E-state index contributed by atoms with van der Waals surface area (Å²) in [6.45, 7) is 2.01. The van der Waals surface area contributed by atoms with Gasteiger partial charge in [-0.1, -0.05) is 11.6 Å². The van der Waals surface area contributed by atoms with Gasteiger partial charge in [-0.25, -0.2) is 4.79 Å². The summed E-state index contributed by atoms with van der Waals surface area (Å²) in [6.07, 6.45) is 4.85. The van der Waals surface area contributed by atoms with Crippen LogP contribution in [0.15, 0.2) is 24.4 Å². The Labute approximate surface area is 168 Å². The van der Waals surface area contributed by atoms with Gasteiger partial charge in [0, 0.05) is 48.6 Å². The molecule has 2 N–H and O–H groups in total. The first-order chi connectivity index (χ1) is 13.1. The zero-order chi connectivity index (χ0) is 18.8. The Kier molecular flexibility index (Phi) is 5.50. The lowest BCUT2D eigenvalue weighted by molar-refractivity contribution is 0.247. The minimum absolute atomic E-state index is 0.00282. The second kappa shape index (κ2) is 8.02. The number of thioether (sulfide) groups is 1. The van der Waals surface area contributed by atoms with Crippen LogP contribution in [0.4, 0.5) is 16.2 Å². The predicted octanol–water partition coefficient (Wildman–Crippen LogP) is 3.83. The van der Waals surface area contributed by atoms with Gasteiger partial charge in [0.1, 0.15) is 0 Å². The lowest BCUT2D eigenvalue weighted by atomic mass is 9.93. The van der Waals surface area contributed by atoms with Gasteiger partial charge in [0.2, 0.25) is 0 Å². The van der Waals surface area contributed by atoms with Crippen molar-refractivity contribution in [2.45, 2.75) is 25.3 Å². The summed E-state index contributed by atoms with van der Waals surface area (Å²) in [6, 6.07) is 5.53. The fourth-order valence-electron chi connectivity index (χ4n) is 3.83. The van der Waals surface area contributed by atoms with E-state index in [1.165, 1.54) is 5.69 Å². The third kappa shape index (κ3) is 4.04. The molecule has 6 nitrogen and oxygen atoms in total. The van der Waals surface area contributed by atoms with Gasteiger partial charge in [0.15, 0.2) is 0 Å². The van der Waals surface area contributed by atoms with Gasteiger partial charge < -0.3 is 15.5 Å². The maximum absolute atomic E-state index is 12.5. The predicted molar refractivity (Wildman–Crippen MR) is 112 cm³/mol. The molecule has 1 fully saturated rings. The van der Waals surface area contributed by atoms with Crippen LogP contribution in [0.2, 0.25) is 5.02 Å². The Balaban J connectivity index is 1.40. The van der Waals surface area contributed by atoms with Gasteiger partial charge in [0.05, 0.1) is 22.9 Å². The van der Waals surface area contributed by atoms with Crippen molar-refractivity contribution in [2.75, 3.05) is 34.8 Å². The molecule has 1 atom stereocenters. The van der Waals surface area contributed by atoms with Gasteiger partial charge in [-0.2, -0.15) is 16.9 Å². The molecule has 2 amide bonds. The first-order valence-corrected chi connectivity index (χ1v) is 10.9. The molecule has 1 unspecified atom stereocenters. The number of carbonyl (C=O) groups excluding carboxylic acids is 1. The standard InChI is InChI=1S/C19H24ClN5OS/c1-24-17-4-2-3-16(14(17)12-21-24)23-19(26)22-13-5-6-18(15(20)11-13)25-7-9-27-10-8-25/h5-6,11-12,16H,2-4,7-10H2,1H3,(H2,22,23,26). The second-order valence-electron chi connectivity index (χ2n) is 6.98. The summed E-state index contributed by atoms with van der Waals surface area (Å²) >= 11 is 8.44. The van der Waals surface area contributed by atoms with E-state index in [1.807, 2.05) is 47.9 Å². The molecule has 2 heterocycles. The molecule has 8 heteroatoms. The zero-order valence-corrected chi connectivity index (χ0v) is 16.9. The quantitative estimate of drug-likeness (QED) is 0.814. The number of hydrogen-bond donors (Lipinski definition) is 2. The average molecular weight is 406 g/mol. The number of aromatic nitrogens is 2. The van der Waals surface area contributed by atoms with Crippen molar-refractivity contribution >= 4 is 40.8 Å². The molecule has 2 aliphatic rings. The highest BCUT2D eigenvalue weighted by Gasteiger charge is 2.25. The van der Waals surface area contributed by atoms with Gasteiger partial charge in [-0.05, 0) is 37.5 Å². The number of halogens is 1. The molecule has 0 bridgehead atoms. The molecular formula is C19H24ClN5OS. The normalized spacial score (nSPS) is 19.5. The van der Waals surface area contributed by atoms with Crippen molar-refractivity contribution in [3.05, 3.63) is 40.7 Å². The highest BCUT2D eigenvalue weighted by Crippen LogP contribution is 2.31. The first kappa shape index (κ1) is 18.5. The van der Waals surface area contributed by atoms with E-state index in [0.717, 1.165) is 55.1 Å². The number of aryl methyl sites for hydroxylation is 1. The van der Waals surface area contributed by atoms with Crippen molar-refractivity contribution in [1.29, 1.82) is 0 Å². The molecule has 0 radical (unpaired) electrons. The lowest BCUT2D eigenvalue weighted by Crippen LogP contribution is -2.34. The maximum atomic E-state index is 12.5. The number of nitrogens with zero attached hydrogens (tertiary/aromatic N) is 3. The van der Waals surface area contributed by atoms with E-state index in [1.54, 1.807) is 0 Å². The Morgan fingerprint density at radius 2 is 2.15 bits per heavy atom. The number of rotatable bonds is 3. The number of hydrogen-bond acceptors (Lipinski definition) is 4. The van der Waals surface area contributed by atoms with Crippen molar-refractivity contribution in [2.24, 2.45) is 7.05 Å². The molecule has 27 heavy (non-hydrogen) atoms. The number of amides is 2. The van der Waals surface area contributed by atoms with Crippen molar-refractivity contribution in [3.63, 3.8) is 0 Å². The fourth-order valence-corrected chi connectivity index (χ4v) is 5.03. The number of benzene rings is 1.